The molecule has 10 heteroatoms. The maximum atomic E-state index is 13.8. The van der Waals surface area contributed by atoms with E-state index in [4.69, 9.17) is 4.74 Å². The van der Waals surface area contributed by atoms with Crippen molar-refractivity contribution >= 4 is 17.3 Å². The number of nitrogens with zero attached hydrogens (tertiary/aromatic N) is 3. The molecule has 6 rings (SSSR count). The van der Waals surface area contributed by atoms with Crippen molar-refractivity contribution in [3.8, 4) is 5.69 Å². The highest BCUT2D eigenvalue weighted by Gasteiger charge is 2.36. The van der Waals surface area contributed by atoms with Crippen LogP contribution in [0.2, 0.25) is 0 Å². The Morgan fingerprint density at radius 2 is 1.68 bits per heavy atom. The second-order valence-electron chi connectivity index (χ2n) is 10.7. The minimum absolute atomic E-state index is 0.248. The second-order valence-corrected chi connectivity index (χ2v) is 10.7. The molecule has 1 aliphatic rings. The summed E-state index contributed by atoms with van der Waals surface area (Å²) in [5.41, 5.74) is 2.54. The van der Waals surface area contributed by atoms with Gasteiger partial charge in [-0.2, -0.15) is 18.3 Å². The van der Waals surface area contributed by atoms with Gasteiger partial charge in [0.05, 0.1) is 18.0 Å². The number of pyridine rings is 1. The number of amides is 1. The van der Waals surface area contributed by atoms with Crippen molar-refractivity contribution in [2.24, 2.45) is 5.92 Å². The molecule has 5 aromatic rings. The van der Waals surface area contributed by atoms with E-state index in [2.05, 4.69) is 20.7 Å². The third kappa shape index (κ3) is 7.15. The molecule has 44 heavy (non-hydrogen) atoms. The highest BCUT2D eigenvalue weighted by atomic mass is 19.4. The molecule has 0 radical (unpaired) electrons. The molecule has 1 unspecified atom stereocenters. The first-order valence-corrected chi connectivity index (χ1v) is 14.3. The molecule has 0 spiro atoms. The van der Waals surface area contributed by atoms with Crippen LogP contribution in [0.5, 0.6) is 0 Å². The highest BCUT2D eigenvalue weighted by molar-refractivity contribution is 6.03. The molecular formula is C34H30F3N5O2. The number of aromatic nitrogens is 3. The molecule has 1 fully saturated rings. The van der Waals surface area contributed by atoms with Crippen LogP contribution < -0.4 is 10.6 Å². The zero-order valence-electron chi connectivity index (χ0n) is 23.7. The van der Waals surface area contributed by atoms with E-state index in [1.54, 1.807) is 42.6 Å². The Morgan fingerprint density at radius 1 is 0.909 bits per heavy atom. The number of rotatable bonds is 11. The number of benzene rings is 3. The first-order valence-electron chi connectivity index (χ1n) is 14.3. The van der Waals surface area contributed by atoms with Crippen molar-refractivity contribution in [2.45, 2.75) is 31.7 Å². The third-order valence-electron chi connectivity index (χ3n) is 7.26. The molecule has 2 heterocycles. The molecule has 1 atom stereocenters. The normalized spacial score (nSPS) is 13.8. The number of alkyl halides is 3. The summed E-state index contributed by atoms with van der Waals surface area (Å²) in [6, 6.07) is 29.9. The molecule has 7 nitrogen and oxygen atoms in total. The Hall–Kier alpha value is -4.96. The number of nitrogens with one attached hydrogen (secondary N) is 2. The van der Waals surface area contributed by atoms with Crippen LogP contribution >= 0.6 is 0 Å². The fraction of sp³-hybridized carbons (Fsp3) is 0.206. The van der Waals surface area contributed by atoms with Gasteiger partial charge in [0.1, 0.15) is 11.8 Å². The SMILES string of the molecule is O=C(Nc1cccc(C(OCC2CC2)c2ccccn2)c1)c1cc(C(F)(F)F)nn1-c1cccc(CNc2ccccc2)c1. The van der Waals surface area contributed by atoms with Crippen LogP contribution in [0.25, 0.3) is 5.69 Å². The lowest BCUT2D eigenvalue weighted by atomic mass is 10.0. The van der Waals surface area contributed by atoms with Gasteiger partial charge in [-0.15, -0.1) is 0 Å². The number of anilines is 2. The standard InChI is InChI=1S/C34H30F3N5O2/c35-34(36,37)31-20-30(42(41-31)28-13-6-8-24(18-28)21-39-26-10-2-1-3-11-26)33(43)40-27-12-7-9-25(19-27)32(44-22-23-15-16-23)29-14-4-5-17-38-29/h1-14,17-20,23,32,39H,15-16,21-22H2,(H,40,43). The van der Waals surface area contributed by atoms with Crippen molar-refractivity contribution in [3.05, 3.63) is 138 Å². The van der Waals surface area contributed by atoms with Crippen LogP contribution in [0.15, 0.2) is 109 Å². The molecule has 3 aromatic carbocycles. The average Bonchev–Trinajstić information content (AvgIpc) is 3.74. The number of hydrogen-bond donors (Lipinski definition) is 2. The topological polar surface area (TPSA) is 81.1 Å². The quantitative estimate of drug-likeness (QED) is 0.163. The molecule has 1 saturated carbocycles. The summed E-state index contributed by atoms with van der Waals surface area (Å²) in [5, 5.41) is 9.83. The van der Waals surface area contributed by atoms with Crippen LogP contribution in [0.4, 0.5) is 24.5 Å². The van der Waals surface area contributed by atoms with E-state index in [0.29, 0.717) is 30.4 Å². The number of halogens is 3. The highest BCUT2D eigenvalue weighted by Crippen LogP contribution is 2.34. The number of carbonyl (C=O) groups is 1. The molecule has 0 saturated heterocycles. The fourth-order valence-electron chi connectivity index (χ4n) is 4.81. The smallest absolute Gasteiger partial charge is 0.381 e. The van der Waals surface area contributed by atoms with Gasteiger partial charge in [0.2, 0.25) is 0 Å². The largest absolute Gasteiger partial charge is 0.435 e. The summed E-state index contributed by atoms with van der Waals surface area (Å²) in [4.78, 5) is 18.0. The van der Waals surface area contributed by atoms with Crippen LogP contribution in [-0.4, -0.2) is 27.3 Å². The lowest BCUT2D eigenvalue weighted by Gasteiger charge is -2.19. The Labute approximate surface area is 252 Å². The summed E-state index contributed by atoms with van der Waals surface area (Å²) in [6.07, 6.45) is -1.23. The van der Waals surface area contributed by atoms with Gasteiger partial charge >= 0.3 is 6.18 Å². The van der Waals surface area contributed by atoms with Crippen LogP contribution in [0, 0.1) is 5.92 Å². The lowest BCUT2D eigenvalue weighted by Crippen LogP contribution is -2.17. The monoisotopic (exact) mass is 597 g/mol. The molecule has 0 bridgehead atoms. The maximum absolute atomic E-state index is 13.8. The van der Waals surface area contributed by atoms with Gasteiger partial charge in [-0.3, -0.25) is 9.78 Å². The number of carbonyl (C=O) groups excluding carboxylic acids is 1. The van der Waals surface area contributed by atoms with Crippen molar-refractivity contribution < 1.29 is 22.7 Å². The van der Waals surface area contributed by atoms with E-state index in [1.165, 1.54) is 0 Å². The van der Waals surface area contributed by atoms with Crippen LogP contribution in [0.3, 0.4) is 0 Å². The van der Waals surface area contributed by atoms with E-state index in [9.17, 15) is 18.0 Å². The van der Waals surface area contributed by atoms with Gasteiger partial charge in [0.25, 0.3) is 5.91 Å². The van der Waals surface area contributed by atoms with Crippen molar-refractivity contribution in [3.63, 3.8) is 0 Å². The van der Waals surface area contributed by atoms with E-state index >= 15 is 0 Å². The molecular weight excluding hydrogens is 567 g/mol. The number of ether oxygens (including phenoxy) is 1. The van der Waals surface area contributed by atoms with E-state index in [-0.39, 0.29) is 5.69 Å². The van der Waals surface area contributed by atoms with Gasteiger partial charge in [0.15, 0.2) is 5.69 Å². The fourth-order valence-corrected chi connectivity index (χ4v) is 4.81. The van der Waals surface area contributed by atoms with Gasteiger partial charge in [-0.05, 0) is 78.4 Å². The van der Waals surface area contributed by atoms with Gasteiger partial charge in [-0.25, -0.2) is 4.68 Å². The van der Waals surface area contributed by atoms with Crippen molar-refractivity contribution in [1.29, 1.82) is 0 Å². The molecule has 224 valence electrons. The van der Waals surface area contributed by atoms with Crippen molar-refractivity contribution in [2.75, 3.05) is 17.2 Å². The molecule has 1 amide bonds. The van der Waals surface area contributed by atoms with E-state index in [0.717, 1.165) is 46.1 Å². The Bertz CT molecular complexity index is 1720. The first kappa shape index (κ1) is 29.1. The van der Waals surface area contributed by atoms with Crippen LogP contribution in [-0.2, 0) is 17.5 Å². The summed E-state index contributed by atoms with van der Waals surface area (Å²) < 4.78 is 48.6. The zero-order valence-corrected chi connectivity index (χ0v) is 23.7. The predicted octanol–water partition coefficient (Wildman–Crippen LogP) is 7.67. The number of hydrogen-bond acceptors (Lipinski definition) is 5. The Balaban J connectivity index is 1.26. The van der Waals surface area contributed by atoms with Gasteiger partial charge in [0, 0.05) is 30.2 Å². The van der Waals surface area contributed by atoms with Gasteiger partial charge < -0.3 is 15.4 Å². The Kier molecular flexibility index (Phi) is 8.42. The molecule has 1 aliphatic carbocycles. The maximum Gasteiger partial charge on any atom is 0.435 e. The third-order valence-corrected chi connectivity index (χ3v) is 7.26. The summed E-state index contributed by atoms with van der Waals surface area (Å²) in [6.45, 7) is 1.02. The number of para-hydroxylation sites is 1. The minimum atomic E-state index is -4.73. The second kappa shape index (κ2) is 12.7. The van der Waals surface area contributed by atoms with E-state index in [1.807, 2.05) is 60.7 Å². The predicted molar refractivity (Wildman–Crippen MR) is 161 cm³/mol. The summed E-state index contributed by atoms with van der Waals surface area (Å²) in [7, 11) is 0. The average molecular weight is 598 g/mol. The van der Waals surface area contributed by atoms with E-state index < -0.39 is 23.9 Å². The summed E-state index contributed by atoms with van der Waals surface area (Å²) in [5.74, 6) is -0.203. The first-order chi connectivity index (χ1) is 21.3. The molecule has 2 aromatic heterocycles. The Morgan fingerprint density at radius 3 is 2.43 bits per heavy atom. The summed E-state index contributed by atoms with van der Waals surface area (Å²) >= 11 is 0. The van der Waals surface area contributed by atoms with Gasteiger partial charge in [-0.1, -0.05) is 48.5 Å². The zero-order chi connectivity index (χ0) is 30.5. The van der Waals surface area contributed by atoms with Crippen LogP contribution in [0.1, 0.15) is 51.9 Å². The van der Waals surface area contributed by atoms with Crippen molar-refractivity contribution in [1.82, 2.24) is 14.8 Å². The molecule has 0 aliphatic heterocycles. The minimum Gasteiger partial charge on any atom is -0.381 e. The lowest BCUT2D eigenvalue weighted by molar-refractivity contribution is -0.141. The molecule has 2 N–H and O–H groups in total.